The topological polar surface area (TPSA) is 42.0 Å². The average Bonchev–Trinajstić information content (AvgIpc) is 2.38. The van der Waals surface area contributed by atoms with Crippen LogP contribution in [0, 0.1) is 5.92 Å². The van der Waals surface area contributed by atoms with Gasteiger partial charge < -0.3 is 5.32 Å². The Kier molecular flexibility index (Phi) is 5.01. The summed E-state index contributed by atoms with van der Waals surface area (Å²) in [7, 11) is 0. The zero-order valence-corrected chi connectivity index (χ0v) is 12.4. The van der Waals surface area contributed by atoms with E-state index in [0.717, 1.165) is 36.7 Å². The SMILES string of the molecule is O=C(NCC1CCC(Cl)CC1)c1cncc(Br)c1. The predicted molar refractivity (Wildman–Crippen MR) is 75.9 cm³/mol. The number of hydrogen-bond acceptors (Lipinski definition) is 2. The molecule has 0 spiro atoms. The van der Waals surface area contributed by atoms with Crippen molar-refractivity contribution in [2.45, 2.75) is 31.1 Å². The van der Waals surface area contributed by atoms with Crippen molar-refractivity contribution in [3.05, 3.63) is 28.5 Å². The first-order chi connectivity index (χ1) is 8.65. The summed E-state index contributed by atoms with van der Waals surface area (Å²) >= 11 is 9.36. The van der Waals surface area contributed by atoms with Crippen molar-refractivity contribution in [3.8, 4) is 0 Å². The van der Waals surface area contributed by atoms with Crippen LogP contribution in [0.15, 0.2) is 22.9 Å². The van der Waals surface area contributed by atoms with Crippen molar-refractivity contribution >= 4 is 33.4 Å². The van der Waals surface area contributed by atoms with Gasteiger partial charge in [0.05, 0.1) is 5.56 Å². The molecule has 98 valence electrons. The molecule has 1 fully saturated rings. The maximum absolute atomic E-state index is 11.9. The van der Waals surface area contributed by atoms with Gasteiger partial charge in [0.25, 0.3) is 5.91 Å². The zero-order chi connectivity index (χ0) is 13.0. The molecule has 1 aliphatic carbocycles. The lowest BCUT2D eigenvalue weighted by atomic mass is 9.89. The largest absolute Gasteiger partial charge is 0.352 e. The molecule has 1 N–H and O–H groups in total. The van der Waals surface area contributed by atoms with E-state index in [9.17, 15) is 4.79 Å². The Bertz CT molecular complexity index is 419. The van der Waals surface area contributed by atoms with Gasteiger partial charge >= 0.3 is 0 Å². The van der Waals surface area contributed by atoms with Gasteiger partial charge in [-0.05, 0) is 53.6 Å². The average molecular weight is 332 g/mol. The monoisotopic (exact) mass is 330 g/mol. The van der Waals surface area contributed by atoms with E-state index in [2.05, 4.69) is 26.2 Å². The first-order valence-corrected chi connectivity index (χ1v) is 7.41. The van der Waals surface area contributed by atoms with Crippen LogP contribution in [0.2, 0.25) is 0 Å². The molecule has 1 aliphatic rings. The van der Waals surface area contributed by atoms with Crippen molar-refractivity contribution in [3.63, 3.8) is 0 Å². The second-order valence-corrected chi connectivity index (χ2v) is 6.25. The Hall–Kier alpha value is -0.610. The molecule has 0 aromatic carbocycles. The summed E-state index contributed by atoms with van der Waals surface area (Å²) in [6, 6.07) is 1.78. The number of pyridine rings is 1. The zero-order valence-electron chi connectivity index (χ0n) is 10.0. The lowest BCUT2D eigenvalue weighted by Gasteiger charge is -2.25. The smallest absolute Gasteiger partial charge is 0.252 e. The van der Waals surface area contributed by atoms with Gasteiger partial charge in [-0.15, -0.1) is 11.6 Å². The summed E-state index contributed by atoms with van der Waals surface area (Å²) in [6.45, 7) is 0.731. The predicted octanol–water partition coefficient (Wildman–Crippen LogP) is 3.37. The molecule has 0 unspecified atom stereocenters. The minimum absolute atomic E-state index is 0.0585. The standard InChI is InChI=1S/C13H16BrClN2O/c14-11-5-10(7-16-8-11)13(18)17-6-9-1-3-12(15)4-2-9/h5,7-9,12H,1-4,6H2,(H,17,18). The first-order valence-electron chi connectivity index (χ1n) is 6.18. The van der Waals surface area contributed by atoms with E-state index in [1.54, 1.807) is 18.5 Å². The normalized spacial score (nSPS) is 23.7. The fourth-order valence-corrected chi connectivity index (χ4v) is 2.82. The van der Waals surface area contributed by atoms with E-state index in [4.69, 9.17) is 11.6 Å². The fraction of sp³-hybridized carbons (Fsp3) is 0.538. The molecule has 1 saturated carbocycles. The van der Waals surface area contributed by atoms with Crippen LogP contribution in [-0.4, -0.2) is 22.8 Å². The van der Waals surface area contributed by atoms with Crippen molar-refractivity contribution in [2.75, 3.05) is 6.54 Å². The number of alkyl halides is 1. The summed E-state index contributed by atoms with van der Waals surface area (Å²) in [6.07, 6.45) is 7.56. The molecule has 1 heterocycles. The first kappa shape index (κ1) is 13.8. The lowest BCUT2D eigenvalue weighted by Crippen LogP contribution is -2.31. The van der Waals surface area contributed by atoms with Crippen LogP contribution in [0.3, 0.4) is 0 Å². The van der Waals surface area contributed by atoms with E-state index in [-0.39, 0.29) is 5.91 Å². The molecule has 0 bridgehead atoms. The van der Waals surface area contributed by atoms with Crippen molar-refractivity contribution in [1.82, 2.24) is 10.3 Å². The van der Waals surface area contributed by atoms with Crippen LogP contribution in [0.25, 0.3) is 0 Å². The molecule has 1 amide bonds. The highest BCUT2D eigenvalue weighted by Crippen LogP contribution is 2.27. The maximum atomic E-state index is 11.9. The van der Waals surface area contributed by atoms with Gasteiger partial charge in [-0.25, -0.2) is 0 Å². The third-order valence-corrected chi connectivity index (χ3v) is 4.16. The Morgan fingerprint density at radius 3 is 2.78 bits per heavy atom. The van der Waals surface area contributed by atoms with Gasteiger partial charge in [0, 0.05) is 28.8 Å². The van der Waals surface area contributed by atoms with Crippen molar-refractivity contribution in [1.29, 1.82) is 0 Å². The molecular formula is C13H16BrClN2O. The van der Waals surface area contributed by atoms with E-state index in [1.807, 2.05) is 0 Å². The fourth-order valence-electron chi connectivity index (χ4n) is 2.20. The van der Waals surface area contributed by atoms with Crippen LogP contribution in [0.4, 0.5) is 0 Å². The second kappa shape index (κ2) is 6.53. The summed E-state index contributed by atoms with van der Waals surface area (Å²) in [4.78, 5) is 15.9. The number of carbonyl (C=O) groups excluding carboxylic acids is 1. The van der Waals surface area contributed by atoms with Crippen molar-refractivity contribution in [2.24, 2.45) is 5.92 Å². The van der Waals surface area contributed by atoms with E-state index in [1.165, 1.54) is 0 Å². The third-order valence-electron chi connectivity index (χ3n) is 3.29. The van der Waals surface area contributed by atoms with Gasteiger partial charge in [-0.2, -0.15) is 0 Å². The highest BCUT2D eigenvalue weighted by atomic mass is 79.9. The number of aromatic nitrogens is 1. The van der Waals surface area contributed by atoms with E-state index < -0.39 is 0 Å². The number of amides is 1. The highest BCUT2D eigenvalue weighted by Gasteiger charge is 2.20. The highest BCUT2D eigenvalue weighted by molar-refractivity contribution is 9.10. The van der Waals surface area contributed by atoms with Gasteiger partial charge in [0.1, 0.15) is 0 Å². The lowest BCUT2D eigenvalue weighted by molar-refractivity contribution is 0.0943. The Morgan fingerprint density at radius 2 is 2.11 bits per heavy atom. The van der Waals surface area contributed by atoms with Crippen LogP contribution in [0.1, 0.15) is 36.0 Å². The third kappa shape index (κ3) is 3.95. The van der Waals surface area contributed by atoms with Crippen LogP contribution < -0.4 is 5.32 Å². The van der Waals surface area contributed by atoms with Gasteiger partial charge in [0.15, 0.2) is 0 Å². The molecule has 0 saturated heterocycles. The number of rotatable bonds is 3. The van der Waals surface area contributed by atoms with Gasteiger partial charge in [-0.3, -0.25) is 9.78 Å². The molecule has 0 atom stereocenters. The number of nitrogens with one attached hydrogen (secondary N) is 1. The van der Waals surface area contributed by atoms with Gasteiger partial charge in [0.2, 0.25) is 0 Å². The van der Waals surface area contributed by atoms with Crippen LogP contribution >= 0.6 is 27.5 Å². The summed E-state index contributed by atoms with van der Waals surface area (Å²) in [5, 5.41) is 3.29. The number of nitrogens with zero attached hydrogens (tertiary/aromatic N) is 1. The minimum Gasteiger partial charge on any atom is -0.352 e. The molecule has 0 aliphatic heterocycles. The number of carbonyl (C=O) groups is 1. The maximum Gasteiger partial charge on any atom is 0.252 e. The molecule has 5 heteroatoms. The summed E-state index contributed by atoms with van der Waals surface area (Å²) in [5.74, 6) is 0.501. The van der Waals surface area contributed by atoms with E-state index >= 15 is 0 Å². The summed E-state index contributed by atoms with van der Waals surface area (Å²) in [5.41, 5.74) is 0.593. The molecular weight excluding hydrogens is 316 g/mol. The Labute approximate surface area is 120 Å². The molecule has 18 heavy (non-hydrogen) atoms. The van der Waals surface area contributed by atoms with Crippen molar-refractivity contribution < 1.29 is 4.79 Å². The molecule has 1 aromatic heterocycles. The second-order valence-electron chi connectivity index (χ2n) is 4.72. The summed E-state index contributed by atoms with van der Waals surface area (Å²) < 4.78 is 0.817. The van der Waals surface area contributed by atoms with E-state index in [0.29, 0.717) is 16.9 Å². The molecule has 3 nitrogen and oxygen atoms in total. The Balaban J connectivity index is 1.81. The van der Waals surface area contributed by atoms with Gasteiger partial charge in [-0.1, -0.05) is 0 Å². The van der Waals surface area contributed by atoms with Crippen LogP contribution in [-0.2, 0) is 0 Å². The molecule has 1 aromatic rings. The quantitative estimate of drug-likeness (QED) is 0.863. The molecule has 0 radical (unpaired) electrons. The van der Waals surface area contributed by atoms with Crippen LogP contribution in [0.5, 0.6) is 0 Å². The minimum atomic E-state index is -0.0585. The number of halogens is 2. The Morgan fingerprint density at radius 1 is 1.39 bits per heavy atom. The number of hydrogen-bond donors (Lipinski definition) is 1. The molecule has 2 rings (SSSR count).